The zero-order valence-electron chi connectivity index (χ0n) is 15.7. The number of alkyl halides is 5. The molecule has 0 bridgehead atoms. The second kappa shape index (κ2) is 7.95. The number of benzene rings is 2. The average molecular weight is 435 g/mol. The predicted molar refractivity (Wildman–Crippen MR) is 100 cm³/mol. The fourth-order valence-electron chi connectivity index (χ4n) is 2.92. The van der Waals surface area contributed by atoms with Crippen LogP contribution in [0.1, 0.15) is 11.4 Å². The lowest BCUT2D eigenvalue weighted by molar-refractivity contribution is -0.274. The molecule has 0 radical (unpaired) electrons. The Morgan fingerprint density at radius 1 is 0.774 bits per heavy atom. The Kier molecular flexibility index (Phi) is 5.32. The van der Waals surface area contributed by atoms with Gasteiger partial charge in [0.05, 0.1) is 6.61 Å². The third-order valence-corrected chi connectivity index (χ3v) is 4.35. The highest BCUT2D eigenvalue weighted by atomic mass is 19.4. The molecule has 2 aromatic carbocycles. The first-order chi connectivity index (χ1) is 14.7. The summed E-state index contributed by atoms with van der Waals surface area (Å²) in [5.74, 6) is -1.10. The minimum absolute atomic E-state index is 0.166. The first-order valence-electron chi connectivity index (χ1n) is 8.98. The highest BCUT2D eigenvalue weighted by Crippen LogP contribution is 2.31. The first kappa shape index (κ1) is 20.7. The van der Waals surface area contributed by atoms with E-state index in [4.69, 9.17) is 4.74 Å². The Morgan fingerprint density at radius 3 is 2.13 bits per heavy atom. The Labute approximate surface area is 172 Å². The number of hydrogen-bond donors (Lipinski definition) is 0. The van der Waals surface area contributed by atoms with Gasteiger partial charge in [0.1, 0.15) is 5.75 Å². The number of nitrogens with zero attached hydrogens (tertiary/aromatic N) is 3. The maximum atomic E-state index is 14.7. The van der Waals surface area contributed by atoms with Crippen LogP contribution in [0.15, 0.2) is 72.9 Å². The summed E-state index contributed by atoms with van der Waals surface area (Å²) >= 11 is 0. The second-order valence-electron chi connectivity index (χ2n) is 6.53. The molecule has 160 valence electrons. The van der Waals surface area contributed by atoms with Crippen LogP contribution in [-0.2, 0) is 17.5 Å². The van der Waals surface area contributed by atoms with E-state index >= 15 is 0 Å². The molecular formula is C21H14F5N3O2. The summed E-state index contributed by atoms with van der Waals surface area (Å²) in [6.07, 6.45) is -7.16. The Bertz CT molecular complexity index is 1180. The molecule has 0 saturated heterocycles. The van der Waals surface area contributed by atoms with Crippen molar-refractivity contribution in [2.75, 3.05) is 0 Å². The van der Waals surface area contributed by atoms with Crippen molar-refractivity contribution in [3.05, 3.63) is 84.3 Å². The molecular weight excluding hydrogens is 421 g/mol. The molecule has 0 aliphatic rings. The van der Waals surface area contributed by atoms with Crippen molar-refractivity contribution in [1.82, 2.24) is 14.6 Å². The molecule has 0 unspecified atom stereocenters. The molecule has 0 saturated carbocycles. The zero-order chi connectivity index (χ0) is 22.1. The topological polar surface area (TPSA) is 48.7 Å². The van der Waals surface area contributed by atoms with Crippen LogP contribution >= 0.6 is 0 Å². The molecule has 31 heavy (non-hydrogen) atoms. The van der Waals surface area contributed by atoms with Crippen LogP contribution in [0, 0.1) is 0 Å². The van der Waals surface area contributed by atoms with E-state index < -0.39 is 18.3 Å². The van der Waals surface area contributed by atoms with Crippen molar-refractivity contribution < 1.29 is 31.4 Å². The van der Waals surface area contributed by atoms with Crippen LogP contribution in [0.4, 0.5) is 22.0 Å². The minimum atomic E-state index is -4.80. The maximum Gasteiger partial charge on any atom is 0.573 e. The number of aromatic nitrogens is 3. The lowest BCUT2D eigenvalue weighted by atomic mass is 10.1. The normalized spacial score (nSPS) is 12.3. The summed E-state index contributed by atoms with van der Waals surface area (Å²) in [6.45, 7) is -0.330. The smallest absolute Gasteiger partial charge is 0.406 e. The van der Waals surface area contributed by atoms with Gasteiger partial charge in [0.15, 0.2) is 5.65 Å². The third kappa shape index (κ3) is 4.80. The van der Waals surface area contributed by atoms with Gasteiger partial charge >= 0.3 is 12.5 Å². The minimum Gasteiger partial charge on any atom is -0.406 e. The number of rotatable bonds is 6. The van der Waals surface area contributed by atoms with Gasteiger partial charge in [-0.2, -0.15) is 8.78 Å². The summed E-state index contributed by atoms with van der Waals surface area (Å²) < 4.78 is 76.0. The van der Waals surface area contributed by atoms with E-state index in [1.807, 2.05) is 0 Å². The lowest BCUT2D eigenvalue weighted by Crippen LogP contribution is -2.21. The first-order valence-corrected chi connectivity index (χ1v) is 8.98. The molecule has 0 fully saturated rings. The van der Waals surface area contributed by atoms with E-state index in [1.165, 1.54) is 24.4 Å². The van der Waals surface area contributed by atoms with Crippen molar-refractivity contribution in [1.29, 1.82) is 0 Å². The fraction of sp³-hybridized carbons (Fsp3) is 0.143. The molecule has 0 spiro atoms. The van der Waals surface area contributed by atoms with Gasteiger partial charge in [-0.1, -0.05) is 42.5 Å². The van der Waals surface area contributed by atoms with Crippen molar-refractivity contribution in [2.45, 2.75) is 19.1 Å². The molecule has 0 amide bonds. The van der Waals surface area contributed by atoms with Gasteiger partial charge in [0.2, 0.25) is 5.82 Å². The van der Waals surface area contributed by atoms with E-state index in [2.05, 4.69) is 14.9 Å². The van der Waals surface area contributed by atoms with Crippen molar-refractivity contribution in [3.63, 3.8) is 0 Å². The van der Waals surface area contributed by atoms with Crippen LogP contribution in [0.5, 0.6) is 5.75 Å². The highest BCUT2D eigenvalue weighted by Gasteiger charge is 2.39. The molecule has 2 heterocycles. The molecule has 5 nitrogen and oxygen atoms in total. The molecule has 2 aromatic heterocycles. The van der Waals surface area contributed by atoms with E-state index in [-0.39, 0.29) is 18.0 Å². The Hall–Kier alpha value is -3.53. The third-order valence-electron chi connectivity index (χ3n) is 4.35. The van der Waals surface area contributed by atoms with Crippen LogP contribution in [0.25, 0.3) is 16.8 Å². The largest absolute Gasteiger partial charge is 0.573 e. The maximum absolute atomic E-state index is 14.7. The van der Waals surface area contributed by atoms with E-state index in [0.29, 0.717) is 16.7 Å². The van der Waals surface area contributed by atoms with Crippen LogP contribution in [0.3, 0.4) is 0 Å². The summed E-state index contributed by atoms with van der Waals surface area (Å²) in [7, 11) is 0. The molecule has 10 heteroatoms. The quantitative estimate of drug-likeness (QED) is 0.372. The van der Waals surface area contributed by atoms with Gasteiger partial charge in [-0.05, 0) is 41.0 Å². The van der Waals surface area contributed by atoms with Gasteiger partial charge in [-0.25, -0.2) is 0 Å². The zero-order valence-corrected chi connectivity index (χ0v) is 15.7. The van der Waals surface area contributed by atoms with Crippen LogP contribution in [-0.4, -0.2) is 21.0 Å². The molecule has 0 aliphatic heterocycles. The van der Waals surface area contributed by atoms with Crippen LogP contribution in [0.2, 0.25) is 0 Å². The van der Waals surface area contributed by atoms with Crippen molar-refractivity contribution in [3.8, 4) is 16.9 Å². The highest BCUT2D eigenvalue weighted by molar-refractivity contribution is 5.65. The predicted octanol–water partition coefficient (Wildman–Crippen LogP) is 5.56. The molecule has 4 rings (SSSR count). The van der Waals surface area contributed by atoms with Gasteiger partial charge < -0.3 is 9.47 Å². The van der Waals surface area contributed by atoms with E-state index in [9.17, 15) is 22.0 Å². The van der Waals surface area contributed by atoms with Crippen molar-refractivity contribution in [2.24, 2.45) is 0 Å². The number of fused-ring (bicyclic) bond motifs is 1. The average Bonchev–Trinajstić information content (AvgIpc) is 3.17. The molecule has 4 aromatic rings. The number of hydrogen-bond acceptors (Lipinski definition) is 4. The molecule has 0 atom stereocenters. The fourth-order valence-corrected chi connectivity index (χ4v) is 2.92. The Morgan fingerprint density at radius 2 is 1.45 bits per heavy atom. The van der Waals surface area contributed by atoms with E-state index in [0.717, 1.165) is 16.5 Å². The van der Waals surface area contributed by atoms with Gasteiger partial charge in [0, 0.05) is 6.20 Å². The molecule has 0 N–H and O–H groups in total. The summed E-state index contributed by atoms with van der Waals surface area (Å²) in [5.41, 5.74) is 1.69. The monoisotopic (exact) mass is 435 g/mol. The van der Waals surface area contributed by atoms with Gasteiger partial charge in [0.25, 0.3) is 0 Å². The van der Waals surface area contributed by atoms with Gasteiger partial charge in [-0.3, -0.25) is 4.40 Å². The lowest BCUT2D eigenvalue weighted by Gasteiger charge is -2.15. The number of halogens is 5. The van der Waals surface area contributed by atoms with Crippen LogP contribution < -0.4 is 4.74 Å². The summed E-state index contributed by atoms with van der Waals surface area (Å²) in [4.78, 5) is 0. The van der Waals surface area contributed by atoms with E-state index in [1.54, 1.807) is 36.4 Å². The van der Waals surface area contributed by atoms with Gasteiger partial charge in [-0.15, -0.1) is 23.4 Å². The standard InChI is InChI=1S/C21H14F5N3O2/c22-20(23,30-13-14-4-2-1-3-5-14)19-28-27-18-11-8-16(12-29(18)19)15-6-9-17(10-7-15)31-21(24,25)26/h1-12H,13H2. The number of pyridine rings is 1. The second-order valence-corrected chi connectivity index (χ2v) is 6.53. The SMILES string of the molecule is FC(F)(F)Oc1ccc(-c2ccc3nnc(C(F)(F)OCc4ccccc4)n3c2)cc1. The molecule has 0 aliphatic carbocycles. The number of ether oxygens (including phenoxy) is 2. The summed E-state index contributed by atoms with van der Waals surface area (Å²) in [5, 5.41) is 7.30. The summed E-state index contributed by atoms with van der Waals surface area (Å²) in [6, 6.07) is 16.6. The van der Waals surface area contributed by atoms with Crippen molar-refractivity contribution >= 4 is 5.65 Å². The Balaban J connectivity index is 1.60.